The van der Waals surface area contributed by atoms with E-state index in [0.717, 1.165) is 31.7 Å². The summed E-state index contributed by atoms with van der Waals surface area (Å²) in [5.41, 5.74) is 0. The Hall–Kier alpha value is -0.910. The van der Waals surface area contributed by atoms with Crippen LogP contribution in [0.5, 0.6) is 0 Å². The van der Waals surface area contributed by atoms with Crippen LogP contribution in [0.1, 0.15) is 12.8 Å². The number of anilines is 1. The minimum Gasteiger partial charge on any atom is -0.356 e. The van der Waals surface area contributed by atoms with Gasteiger partial charge in [-0.25, -0.2) is 0 Å². The first-order chi connectivity index (χ1) is 8.74. The Bertz CT molecular complexity index is 362. The average Bonchev–Trinajstić information content (AvgIpc) is 2.42. The topological polar surface area (TPSA) is 47.5 Å². The van der Waals surface area contributed by atoms with Crippen molar-refractivity contribution in [3.63, 3.8) is 0 Å². The summed E-state index contributed by atoms with van der Waals surface area (Å²) in [5.74, 6) is 1.32. The molecule has 1 fully saturated rings. The number of halogens is 1. The lowest BCUT2D eigenvalue weighted by atomic mass is 9.96. The number of hydrogen-bond donors (Lipinski definition) is 0. The lowest BCUT2D eigenvalue weighted by Crippen LogP contribution is -2.39. The van der Waals surface area contributed by atoms with E-state index in [0.29, 0.717) is 11.1 Å². The Labute approximate surface area is 112 Å². The fourth-order valence-corrected chi connectivity index (χ4v) is 2.46. The van der Waals surface area contributed by atoms with Crippen LogP contribution in [-0.2, 0) is 9.47 Å². The highest BCUT2D eigenvalue weighted by Crippen LogP contribution is 2.25. The molecule has 100 valence electrons. The van der Waals surface area contributed by atoms with Gasteiger partial charge in [-0.15, -0.1) is 10.2 Å². The SMILES string of the molecule is COC(OC)C1CCN(c2ccc(Cl)nn2)CC1. The zero-order chi connectivity index (χ0) is 13.0. The van der Waals surface area contributed by atoms with Gasteiger partial charge in [0, 0.05) is 33.2 Å². The number of aromatic nitrogens is 2. The quantitative estimate of drug-likeness (QED) is 0.784. The molecule has 0 aromatic carbocycles. The molecule has 0 amide bonds. The van der Waals surface area contributed by atoms with Crippen LogP contribution in [0.3, 0.4) is 0 Å². The molecule has 1 saturated heterocycles. The number of methoxy groups -OCH3 is 2. The first-order valence-corrected chi connectivity index (χ1v) is 6.42. The number of rotatable bonds is 4. The minimum atomic E-state index is -0.108. The lowest BCUT2D eigenvalue weighted by molar-refractivity contribution is -0.141. The summed E-state index contributed by atoms with van der Waals surface area (Å²) in [5, 5.41) is 8.38. The first-order valence-electron chi connectivity index (χ1n) is 6.04. The van der Waals surface area contributed by atoms with Crippen LogP contribution in [0, 0.1) is 5.92 Å². The van der Waals surface area contributed by atoms with Gasteiger partial charge >= 0.3 is 0 Å². The van der Waals surface area contributed by atoms with Crippen LogP contribution >= 0.6 is 11.6 Å². The van der Waals surface area contributed by atoms with E-state index >= 15 is 0 Å². The summed E-state index contributed by atoms with van der Waals surface area (Å²) in [6.07, 6.45) is 1.94. The first kappa shape index (κ1) is 13.5. The largest absolute Gasteiger partial charge is 0.356 e. The molecule has 5 nitrogen and oxygen atoms in total. The zero-order valence-corrected chi connectivity index (χ0v) is 11.4. The highest BCUT2D eigenvalue weighted by Gasteiger charge is 2.27. The molecule has 0 radical (unpaired) electrons. The van der Waals surface area contributed by atoms with E-state index < -0.39 is 0 Å². The highest BCUT2D eigenvalue weighted by molar-refractivity contribution is 6.29. The smallest absolute Gasteiger partial charge is 0.159 e. The van der Waals surface area contributed by atoms with Gasteiger partial charge in [0.25, 0.3) is 0 Å². The summed E-state index contributed by atoms with van der Waals surface area (Å²) >= 11 is 5.73. The predicted octanol–water partition coefficient (Wildman–Crippen LogP) is 1.97. The fraction of sp³-hybridized carbons (Fsp3) is 0.667. The van der Waals surface area contributed by atoms with Gasteiger partial charge in [0.1, 0.15) is 0 Å². The summed E-state index contributed by atoms with van der Waals surface area (Å²) < 4.78 is 10.6. The van der Waals surface area contributed by atoms with Crippen molar-refractivity contribution in [2.24, 2.45) is 5.92 Å². The molecule has 0 atom stereocenters. The monoisotopic (exact) mass is 271 g/mol. The molecule has 0 spiro atoms. The Balaban J connectivity index is 1.92. The maximum atomic E-state index is 5.73. The van der Waals surface area contributed by atoms with Crippen molar-refractivity contribution in [2.45, 2.75) is 19.1 Å². The third-order valence-corrected chi connectivity index (χ3v) is 3.53. The van der Waals surface area contributed by atoms with Crippen molar-refractivity contribution >= 4 is 17.4 Å². The average molecular weight is 272 g/mol. The van der Waals surface area contributed by atoms with E-state index in [1.807, 2.05) is 6.07 Å². The molecule has 18 heavy (non-hydrogen) atoms. The summed E-state index contributed by atoms with van der Waals surface area (Å²) in [7, 11) is 3.37. The van der Waals surface area contributed by atoms with E-state index in [-0.39, 0.29) is 6.29 Å². The summed E-state index contributed by atoms with van der Waals surface area (Å²) in [4.78, 5) is 2.21. The predicted molar refractivity (Wildman–Crippen MR) is 69.8 cm³/mol. The second kappa shape index (κ2) is 6.31. The molecule has 1 aromatic heterocycles. The number of piperidine rings is 1. The third kappa shape index (κ3) is 3.10. The van der Waals surface area contributed by atoms with Gasteiger partial charge in [-0.3, -0.25) is 0 Å². The molecule has 1 aromatic rings. The van der Waals surface area contributed by atoms with Gasteiger partial charge in [-0.05, 0) is 25.0 Å². The van der Waals surface area contributed by atoms with Crippen molar-refractivity contribution in [3.8, 4) is 0 Å². The second-order valence-corrected chi connectivity index (χ2v) is 4.77. The summed E-state index contributed by atoms with van der Waals surface area (Å²) in [6, 6.07) is 3.67. The normalized spacial score (nSPS) is 17.4. The van der Waals surface area contributed by atoms with Gasteiger partial charge < -0.3 is 14.4 Å². The van der Waals surface area contributed by atoms with Crippen molar-refractivity contribution in [3.05, 3.63) is 17.3 Å². The second-order valence-electron chi connectivity index (χ2n) is 4.38. The van der Waals surface area contributed by atoms with E-state index in [4.69, 9.17) is 21.1 Å². The molecule has 0 unspecified atom stereocenters. The highest BCUT2D eigenvalue weighted by atomic mass is 35.5. The van der Waals surface area contributed by atoms with Crippen LogP contribution in [0.4, 0.5) is 5.82 Å². The molecule has 1 aliphatic heterocycles. The maximum absolute atomic E-state index is 5.73. The number of nitrogens with zero attached hydrogens (tertiary/aromatic N) is 3. The molecule has 2 heterocycles. The molecule has 1 aliphatic rings. The Morgan fingerprint density at radius 2 is 1.89 bits per heavy atom. The maximum Gasteiger partial charge on any atom is 0.159 e. The molecule has 0 saturated carbocycles. The van der Waals surface area contributed by atoms with E-state index in [1.54, 1.807) is 20.3 Å². The van der Waals surface area contributed by atoms with E-state index in [1.165, 1.54) is 0 Å². The van der Waals surface area contributed by atoms with Crippen molar-refractivity contribution in [2.75, 3.05) is 32.2 Å². The zero-order valence-electron chi connectivity index (χ0n) is 10.7. The fourth-order valence-electron chi connectivity index (χ4n) is 2.36. The van der Waals surface area contributed by atoms with Gasteiger partial charge in [0.05, 0.1) is 0 Å². The Morgan fingerprint density at radius 3 is 2.39 bits per heavy atom. The van der Waals surface area contributed by atoms with Crippen molar-refractivity contribution < 1.29 is 9.47 Å². The van der Waals surface area contributed by atoms with Gasteiger partial charge in [0.2, 0.25) is 0 Å². The number of hydrogen-bond acceptors (Lipinski definition) is 5. The Morgan fingerprint density at radius 1 is 1.22 bits per heavy atom. The standard InChI is InChI=1S/C12H18ClN3O2/c1-17-12(18-2)9-5-7-16(8-6-9)11-4-3-10(13)14-15-11/h3-4,9,12H,5-8H2,1-2H3. The molecule has 0 aliphatic carbocycles. The minimum absolute atomic E-state index is 0.108. The Kier molecular flexibility index (Phi) is 4.74. The molecular formula is C12H18ClN3O2. The third-order valence-electron chi connectivity index (χ3n) is 3.33. The molecule has 0 N–H and O–H groups in total. The molecule has 2 rings (SSSR count). The molecule has 0 bridgehead atoms. The number of ether oxygens (including phenoxy) is 2. The van der Waals surface area contributed by atoms with Crippen LogP contribution in [0.25, 0.3) is 0 Å². The molecular weight excluding hydrogens is 254 g/mol. The van der Waals surface area contributed by atoms with Gasteiger partial charge in [-0.1, -0.05) is 11.6 Å². The van der Waals surface area contributed by atoms with Gasteiger partial charge in [-0.2, -0.15) is 0 Å². The summed E-state index contributed by atoms with van der Waals surface area (Å²) in [6.45, 7) is 1.87. The van der Waals surface area contributed by atoms with Crippen LogP contribution in [-0.4, -0.2) is 43.8 Å². The van der Waals surface area contributed by atoms with Gasteiger partial charge in [0.15, 0.2) is 17.3 Å². The van der Waals surface area contributed by atoms with Crippen LogP contribution in [0.15, 0.2) is 12.1 Å². The van der Waals surface area contributed by atoms with Crippen LogP contribution in [0.2, 0.25) is 5.15 Å². The van der Waals surface area contributed by atoms with Crippen molar-refractivity contribution in [1.29, 1.82) is 0 Å². The van der Waals surface area contributed by atoms with Crippen molar-refractivity contribution in [1.82, 2.24) is 10.2 Å². The molecule has 6 heteroatoms. The lowest BCUT2D eigenvalue weighted by Gasteiger charge is -2.35. The van der Waals surface area contributed by atoms with E-state index in [2.05, 4.69) is 15.1 Å². The van der Waals surface area contributed by atoms with E-state index in [9.17, 15) is 0 Å². The van der Waals surface area contributed by atoms with Crippen LogP contribution < -0.4 is 4.90 Å².